The smallest absolute Gasteiger partial charge is 0.229 e. The van der Waals surface area contributed by atoms with Crippen LogP contribution in [0.4, 0.5) is 23.3 Å². The largest absolute Gasteiger partial charge is 0.341 e. The van der Waals surface area contributed by atoms with E-state index in [1.807, 2.05) is 40.0 Å². The van der Waals surface area contributed by atoms with E-state index in [-0.39, 0.29) is 0 Å². The van der Waals surface area contributed by atoms with Crippen LogP contribution in [0.15, 0.2) is 29.4 Å². The highest BCUT2D eigenvalue weighted by Gasteiger charge is 2.16. The fraction of sp³-hybridized carbons (Fsp3) is 0.450. The van der Waals surface area contributed by atoms with Crippen LogP contribution in [0.5, 0.6) is 0 Å². The van der Waals surface area contributed by atoms with Crippen molar-refractivity contribution in [3.8, 4) is 0 Å². The second-order valence-electron chi connectivity index (χ2n) is 5.65. The number of rotatable bonds is 7. The Morgan fingerprint density at radius 2 is 1.77 bits per heavy atom. The van der Waals surface area contributed by atoms with E-state index in [0.29, 0.717) is 5.95 Å². The minimum absolute atomic E-state index is 0.686. The van der Waals surface area contributed by atoms with Gasteiger partial charge in [-0.15, -0.1) is 0 Å². The second kappa shape index (κ2) is 10.4. The van der Waals surface area contributed by atoms with E-state index >= 15 is 0 Å². The predicted octanol–water partition coefficient (Wildman–Crippen LogP) is 4.76. The number of nitrogens with one attached hydrogen (secondary N) is 1. The minimum atomic E-state index is 0.686. The third-order valence-electron chi connectivity index (χ3n) is 3.95. The molecule has 142 valence electrons. The molecule has 0 saturated carbocycles. The summed E-state index contributed by atoms with van der Waals surface area (Å²) < 4.78 is 0. The van der Waals surface area contributed by atoms with Gasteiger partial charge in [-0.3, -0.25) is 5.01 Å². The summed E-state index contributed by atoms with van der Waals surface area (Å²) in [5.41, 5.74) is 3.13. The molecule has 6 heteroatoms. The van der Waals surface area contributed by atoms with Crippen LogP contribution in [0, 0.1) is 13.8 Å². The molecule has 0 radical (unpaired) electrons. The number of aromatic nitrogens is 2. The molecule has 0 spiro atoms. The van der Waals surface area contributed by atoms with Crippen molar-refractivity contribution >= 4 is 30.0 Å². The van der Waals surface area contributed by atoms with Gasteiger partial charge in [0.05, 0.1) is 0 Å². The predicted molar refractivity (Wildman–Crippen MR) is 114 cm³/mol. The first kappa shape index (κ1) is 21.4. The summed E-state index contributed by atoms with van der Waals surface area (Å²) in [6, 6.07) is 8.21. The van der Waals surface area contributed by atoms with Gasteiger partial charge in [0, 0.05) is 38.1 Å². The van der Waals surface area contributed by atoms with Crippen LogP contribution in [0.2, 0.25) is 0 Å². The van der Waals surface area contributed by atoms with Crippen LogP contribution >= 0.6 is 0 Å². The molecule has 1 aromatic heterocycles. The summed E-state index contributed by atoms with van der Waals surface area (Å²) in [6.07, 6.45) is 0. The third-order valence-corrected chi connectivity index (χ3v) is 3.95. The molecule has 1 N–H and O–H groups in total. The van der Waals surface area contributed by atoms with Crippen LogP contribution in [0.25, 0.3) is 0 Å². The Labute approximate surface area is 158 Å². The van der Waals surface area contributed by atoms with E-state index in [0.717, 1.165) is 36.0 Å². The molecule has 0 bridgehead atoms. The summed E-state index contributed by atoms with van der Waals surface area (Å²) in [7, 11) is 1.84. The minimum Gasteiger partial charge on any atom is -0.341 e. The van der Waals surface area contributed by atoms with E-state index in [9.17, 15) is 0 Å². The average molecular weight is 357 g/mol. The Morgan fingerprint density at radius 1 is 1.12 bits per heavy atom. The van der Waals surface area contributed by atoms with Crippen LogP contribution in [0.3, 0.4) is 0 Å². The van der Waals surface area contributed by atoms with Gasteiger partial charge < -0.3 is 10.2 Å². The number of anilines is 4. The monoisotopic (exact) mass is 356 g/mol. The quantitative estimate of drug-likeness (QED) is 0.572. The van der Waals surface area contributed by atoms with E-state index in [1.54, 1.807) is 5.01 Å². The van der Waals surface area contributed by atoms with Gasteiger partial charge in [-0.25, -0.2) is 0 Å². The van der Waals surface area contributed by atoms with Crippen molar-refractivity contribution < 1.29 is 0 Å². The normalized spacial score (nSPS) is 9.81. The first-order chi connectivity index (χ1) is 12.5. The molecular formula is C20H32N6. The lowest BCUT2D eigenvalue weighted by Gasteiger charge is -2.23. The number of hydrazone groups is 1. The first-order valence-corrected chi connectivity index (χ1v) is 9.17. The molecule has 1 heterocycles. The lowest BCUT2D eigenvalue weighted by atomic mass is 10.2. The molecular weight excluding hydrogens is 324 g/mol. The molecule has 6 nitrogen and oxygen atoms in total. The summed E-state index contributed by atoms with van der Waals surface area (Å²) >= 11 is 0. The summed E-state index contributed by atoms with van der Waals surface area (Å²) in [6.45, 7) is 17.5. The maximum Gasteiger partial charge on any atom is 0.229 e. The fourth-order valence-corrected chi connectivity index (χ4v) is 2.50. The van der Waals surface area contributed by atoms with Crippen molar-refractivity contribution in [2.75, 3.05) is 35.4 Å². The third kappa shape index (κ3) is 5.18. The van der Waals surface area contributed by atoms with Crippen LogP contribution in [-0.2, 0) is 0 Å². The summed E-state index contributed by atoms with van der Waals surface area (Å²) in [5.74, 6) is 2.21. The first-order valence-electron chi connectivity index (χ1n) is 9.17. The van der Waals surface area contributed by atoms with E-state index in [4.69, 9.17) is 4.98 Å². The summed E-state index contributed by atoms with van der Waals surface area (Å²) in [4.78, 5) is 11.5. The van der Waals surface area contributed by atoms with Crippen molar-refractivity contribution in [1.29, 1.82) is 0 Å². The van der Waals surface area contributed by atoms with Gasteiger partial charge in [0.2, 0.25) is 5.95 Å². The SMILES string of the molecule is C=NN(C)c1nc(N(CC)CC)nc(Nc2cccc(C)c2)c1C.CC. The zero-order valence-corrected chi connectivity index (χ0v) is 17.2. The van der Waals surface area contributed by atoms with E-state index in [2.05, 4.69) is 59.9 Å². The standard InChI is InChI=1S/C18H26N6.C2H6/c1-7-24(8-2)18-21-16(14(4)17(22-18)23(6)19-5)20-15-11-9-10-13(3)12-15;1-2/h9-12H,5,7-8H2,1-4,6H3,(H,20,21,22);1-2H3. The molecule has 0 aliphatic rings. The van der Waals surface area contributed by atoms with Gasteiger partial charge in [-0.1, -0.05) is 26.0 Å². The highest BCUT2D eigenvalue weighted by molar-refractivity contribution is 5.67. The number of hydrogen-bond donors (Lipinski definition) is 1. The summed E-state index contributed by atoms with van der Waals surface area (Å²) in [5, 5.41) is 9.06. The van der Waals surface area contributed by atoms with Gasteiger partial charge >= 0.3 is 0 Å². The molecule has 0 fully saturated rings. The molecule has 26 heavy (non-hydrogen) atoms. The van der Waals surface area contributed by atoms with Crippen molar-refractivity contribution in [2.45, 2.75) is 41.5 Å². The average Bonchev–Trinajstić information content (AvgIpc) is 2.66. The van der Waals surface area contributed by atoms with Gasteiger partial charge in [-0.2, -0.15) is 15.1 Å². The Morgan fingerprint density at radius 3 is 2.31 bits per heavy atom. The molecule has 2 aromatic rings. The van der Waals surface area contributed by atoms with Crippen molar-refractivity contribution in [3.63, 3.8) is 0 Å². The lowest BCUT2D eigenvalue weighted by molar-refractivity contribution is 0.814. The van der Waals surface area contributed by atoms with Gasteiger partial charge in [0.15, 0.2) is 5.82 Å². The van der Waals surface area contributed by atoms with Crippen molar-refractivity contribution in [3.05, 3.63) is 35.4 Å². The molecule has 2 rings (SSSR count). The zero-order valence-electron chi connectivity index (χ0n) is 17.2. The molecule has 0 atom stereocenters. The molecule has 0 saturated heterocycles. The van der Waals surface area contributed by atoms with Gasteiger partial charge in [0.1, 0.15) is 5.82 Å². The number of hydrogen-bond acceptors (Lipinski definition) is 6. The highest BCUT2D eigenvalue weighted by atomic mass is 15.5. The molecule has 0 amide bonds. The molecule has 0 unspecified atom stereocenters. The number of benzene rings is 1. The second-order valence-corrected chi connectivity index (χ2v) is 5.65. The molecule has 0 aliphatic carbocycles. The van der Waals surface area contributed by atoms with Gasteiger partial charge in [-0.05, 0) is 45.4 Å². The number of nitrogens with zero attached hydrogens (tertiary/aromatic N) is 5. The number of aryl methyl sites for hydroxylation is 1. The topological polar surface area (TPSA) is 56.7 Å². The Bertz CT molecular complexity index is 709. The van der Waals surface area contributed by atoms with Crippen molar-refractivity contribution in [2.24, 2.45) is 5.10 Å². The fourth-order valence-electron chi connectivity index (χ4n) is 2.50. The van der Waals surface area contributed by atoms with Crippen LogP contribution < -0.4 is 15.2 Å². The van der Waals surface area contributed by atoms with E-state index in [1.165, 1.54) is 5.56 Å². The van der Waals surface area contributed by atoms with Crippen LogP contribution in [-0.4, -0.2) is 36.8 Å². The Kier molecular flexibility index (Phi) is 8.55. The van der Waals surface area contributed by atoms with Crippen molar-refractivity contribution in [1.82, 2.24) is 9.97 Å². The Balaban J connectivity index is 0.00000163. The van der Waals surface area contributed by atoms with Gasteiger partial charge in [0.25, 0.3) is 0 Å². The molecule has 1 aromatic carbocycles. The van der Waals surface area contributed by atoms with Crippen LogP contribution in [0.1, 0.15) is 38.8 Å². The lowest BCUT2D eigenvalue weighted by Crippen LogP contribution is -2.26. The molecule has 0 aliphatic heterocycles. The zero-order chi connectivity index (χ0) is 19.7. The Hall–Kier alpha value is -2.63. The maximum atomic E-state index is 4.73. The highest BCUT2D eigenvalue weighted by Crippen LogP contribution is 2.28. The maximum absolute atomic E-state index is 4.73. The van der Waals surface area contributed by atoms with E-state index < -0.39 is 0 Å².